The van der Waals surface area contributed by atoms with Gasteiger partial charge in [-0.25, -0.2) is 0 Å². The molecule has 0 unspecified atom stereocenters. The van der Waals surface area contributed by atoms with Gasteiger partial charge in [-0.15, -0.1) is 0 Å². The van der Waals surface area contributed by atoms with E-state index >= 15 is 0 Å². The number of likely N-dealkylation sites (tertiary alicyclic amines) is 1. The quantitative estimate of drug-likeness (QED) is 0.105. The molecular formula is C37H55N7O6. The molecule has 4 atom stereocenters. The Hall–Kier alpha value is -4.33. The van der Waals surface area contributed by atoms with E-state index in [4.69, 9.17) is 11.5 Å². The highest BCUT2D eigenvalue weighted by molar-refractivity contribution is 5.95. The maximum absolute atomic E-state index is 13.9. The maximum atomic E-state index is 13.9. The number of nitrogens with zero attached hydrogens (tertiary/aromatic N) is 1. The molecule has 0 aliphatic carbocycles. The maximum Gasteiger partial charge on any atom is 0.323 e. The minimum Gasteiger partial charge on any atom is -0.480 e. The number of rotatable bonds is 19. The first kappa shape index (κ1) is 40.1. The first-order valence-corrected chi connectivity index (χ1v) is 17.5. The number of unbranched alkanes of at least 4 members (excludes halogenated alkanes) is 1. The standard InChI is InChI=1S/C37H55N7O6/c1-25(2)22-30(33(46)41-29(16-10-11-19-40-3)35(48)44-20-17-37(39,18-21-44)36(49)50)43-34(47)31(24-27-14-8-5-9-15-27)42-32(45)28(38)23-26-12-6-4-7-13-26/h4-9,12-15,25,28-31,40H,10-11,16-24,38-39H2,1-3H3,(H,41,46)(H,42,45)(H,43,47)(H,49,50)/t28-,29-,30-,31-/m1/s1. The summed E-state index contributed by atoms with van der Waals surface area (Å²) in [4.78, 5) is 68.0. The first-order chi connectivity index (χ1) is 23.8. The molecule has 2 aromatic carbocycles. The van der Waals surface area contributed by atoms with Crippen molar-refractivity contribution >= 4 is 29.6 Å². The van der Waals surface area contributed by atoms with Gasteiger partial charge in [0.05, 0.1) is 6.04 Å². The molecule has 0 saturated carbocycles. The Morgan fingerprint density at radius 2 is 1.30 bits per heavy atom. The number of benzene rings is 2. The van der Waals surface area contributed by atoms with Gasteiger partial charge in [0.2, 0.25) is 23.6 Å². The fraction of sp³-hybridized carbons (Fsp3) is 0.541. The Bertz CT molecular complexity index is 1400. The van der Waals surface area contributed by atoms with Gasteiger partial charge in [-0.1, -0.05) is 74.5 Å². The van der Waals surface area contributed by atoms with Crippen molar-refractivity contribution < 1.29 is 29.1 Å². The van der Waals surface area contributed by atoms with Crippen LogP contribution in [0, 0.1) is 5.92 Å². The number of hydrogen-bond acceptors (Lipinski definition) is 8. The van der Waals surface area contributed by atoms with Crippen LogP contribution >= 0.6 is 0 Å². The second-order valence-corrected chi connectivity index (χ2v) is 13.7. The lowest BCUT2D eigenvalue weighted by Gasteiger charge is -2.38. The van der Waals surface area contributed by atoms with Crippen molar-refractivity contribution in [3.05, 3.63) is 71.8 Å². The van der Waals surface area contributed by atoms with Gasteiger partial charge < -0.3 is 42.7 Å². The molecule has 1 saturated heterocycles. The number of piperidine rings is 1. The Kier molecular flexibility index (Phi) is 15.8. The highest BCUT2D eigenvalue weighted by Gasteiger charge is 2.40. The largest absolute Gasteiger partial charge is 0.480 e. The third-order valence-electron chi connectivity index (χ3n) is 9.07. The van der Waals surface area contributed by atoms with Gasteiger partial charge in [-0.05, 0) is 75.6 Å². The molecule has 2 aromatic rings. The number of carbonyl (C=O) groups is 5. The molecule has 274 valence electrons. The highest BCUT2D eigenvalue weighted by atomic mass is 16.4. The highest BCUT2D eigenvalue weighted by Crippen LogP contribution is 2.21. The molecule has 13 nitrogen and oxygen atoms in total. The monoisotopic (exact) mass is 693 g/mol. The van der Waals surface area contributed by atoms with E-state index in [1.54, 1.807) is 4.90 Å². The number of carbonyl (C=O) groups excluding carboxylic acids is 4. The normalized spacial score (nSPS) is 16.5. The van der Waals surface area contributed by atoms with Crippen molar-refractivity contribution in [3.63, 3.8) is 0 Å². The molecule has 0 spiro atoms. The van der Waals surface area contributed by atoms with E-state index in [0.717, 1.165) is 24.1 Å². The summed E-state index contributed by atoms with van der Waals surface area (Å²) in [7, 11) is 1.84. The first-order valence-electron chi connectivity index (χ1n) is 17.5. The Morgan fingerprint density at radius 1 is 0.780 bits per heavy atom. The van der Waals surface area contributed by atoms with Gasteiger partial charge >= 0.3 is 5.97 Å². The SMILES string of the molecule is CNCCCC[C@@H](NC(=O)[C@@H](CC(C)C)NC(=O)[C@@H](Cc1ccccc1)NC(=O)[C@H](N)Cc1ccccc1)C(=O)N1CCC(N)(C(=O)O)CC1. The van der Waals surface area contributed by atoms with Crippen LogP contribution in [0.15, 0.2) is 60.7 Å². The zero-order valence-corrected chi connectivity index (χ0v) is 29.5. The molecule has 4 amide bonds. The van der Waals surface area contributed by atoms with Crippen molar-refractivity contribution in [1.29, 1.82) is 0 Å². The molecule has 9 N–H and O–H groups in total. The predicted octanol–water partition coefficient (Wildman–Crippen LogP) is 1.09. The zero-order valence-electron chi connectivity index (χ0n) is 29.5. The van der Waals surface area contributed by atoms with Gasteiger partial charge in [-0.3, -0.25) is 24.0 Å². The third-order valence-corrected chi connectivity index (χ3v) is 9.07. The summed E-state index contributed by atoms with van der Waals surface area (Å²) in [6.45, 7) is 4.90. The van der Waals surface area contributed by atoms with Crippen LogP contribution in [0.2, 0.25) is 0 Å². The molecule has 50 heavy (non-hydrogen) atoms. The van der Waals surface area contributed by atoms with Crippen LogP contribution in [0.3, 0.4) is 0 Å². The van der Waals surface area contributed by atoms with Gasteiger partial charge in [0.25, 0.3) is 0 Å². The molecule has 1 aliphatic rings. The zero-order chi connectivity index (χ0) is 36.7. The second kappa shape index (κ2) is 19.8. The van der Waals surface area contributed by atoms with E-state index in [2.05, 4.69) is 21.3 Å². The van der Waals surface area contributed by atoms with Gasteiger partial charge in [0.1, 0.15) is 23.7 Å². The molecule has 0 bridgehead atoms. The number of hydrogen-bond donors (Lipinski definition) is 7. The summed E-state index contributed by atoms with van der Waals surface area (Å²) in [5, 5.41) is 21.2. The summed E-state index contributed by atoms with van der Waals surface area (Å²) < 4.78 is 0. The number of aliphatic carboxylic acids is 1. The van der Waals surface area contributed by atoms with Crippen molar-refractivity contribution in [2.45, 2.75) is 94.9 Å². The average molecular weight is 694 g/mol. The van der Waals surface area contributed by atoms with Gasteiger partial charge in [-0.2, -0.15) is 0 Å². The van der Waals surface area contributed by atoms with Crippen molar-refractivity contribution in [2.75, 3.05) is 26.7 Å². The smallest absolute Gasteiger partial charge is 0.323 e. The number of carboxylic acids is 1. The fourth-order valence-corrected chi connectivity index (χ4v) is 6.01. The molecule has 13 heteroatoms. The summed E-state index contributed by atoms with van der Waals surface area (Å²) >= 11 is 0. The lowest BCUT2D eigenvalue weighted by molar-refractivity contribution is -0.148. The van der Waals surface area contributed by atoms with Gasteiger partial charge in [0, 0.05) is 19.5 Å². The molecule has 0 aromatic heterocycles. The van der Waals surface area contributed by atoms with Crippen LogP contribution < -0.4 is 32.7 Å². The van der Waals surface area contributed by atoms with Crippen molar-refractivity contribution in [2.24, 2.45) is 17.4 Å². The van der Waals surface area contributed by atoms with E-state index in [9.17, 15) is 29.1 Å². The Balaban J connectivity index is 1.77. The summed E-state index contributed by atoms with van der Waals surface area (Å²) in [5.41, 5.74) is 12.6. The molecule has 0 radical (unpaired) electrons. The second-order valence-electron chi connectivity index (χ2n) is 13.7. The summed E-state index contributed by atoms with van der Waals surface area (Å²) in [6.07, 6.45) is 2.74. The molecule has 3 rings (SSSR count). The summed E-state index contributed by atoms with van der Waals surface area (Å²) in [6, 6.07) is 14.8. The Morgan fingerprint density at radius 3 is 1.84 bits per heavy atom. The lowest BCUT2D eigenvalue weighted by atomic mass is 9.88. The number of amides is 4. The average Bonchev–Trinajstić information content (AvgIpc) is 3.09. The van der Waals surface area contributed by atoms with Crippen LogP contribution in [-0.2, 0) is 36.8 Å². The van der Waals surface area contributed by atoms with Crippen LogP contribution in [0.5, 0.6) is 0 Å². The van der Waals surface area contributed by atoms with E-state index in [1.165, 1.54) is 0 Å². The van der Waals surface area contributed by atoms with Crippen molar-refractivity contribution in [1.82, 2.24) is 26.2 Å². The lowest BCUT2D eigenvalue weighted by Crippen LogP contribution is -2.60. The van der Waals surface area contributed by atoms with Crippen LogP contribution in [-0.4, -0.2) is 96.0 Å². The predicted molar refractivity (Wildman–Crippen MR) is 192 cm³/mol. The van der Waals surface area contributed by atoms with E-state index in [0.29, 0.717) is 12.8 Å². The van der Waals surface area contributed by atoms with Crippen molar-refractivity contribution in [3.8, 4) is 0 Å². The molecule has 1 aliphatic heterocycles. The van der Waals surface area contributed by atoms with Crippen LogP contribution in [0.4, 0.5) is 0 Å². The minimum atomic E-state index is -1.40. The van der Waals surface area contributed by atoms with E-state index in [-0.39, 0.29) is 57.0 Å². The number of nitrogens with one attached hydrogen (secondary N) is 4. The van der Waals surface area contributed by atoms with Crippen LogP contribution in [0.25, 0.3) is 0 Å². The van der Waals surface area contributed by atoms with Gasteiger partial charge in [0.15, 0.2) is 0 Å². The van der Waals surface area contributed by atoms with E-state index in [1.807, 2.05) is 81.6 Å². The molecule has 1 fully saturated rings. The topological polar surface area (TPSA) is 209 Å². The molecule has 1 heterocycles. The fourth-order valence-electron chi connectivity index (χ4n) is 6.01. The number of nitrogens with two attached hydrogens (primary N) is 2. The van der Waals surface area contributed by atoms with Crippen LogP contribution in [0.1, 0.15) is 63.5 Å². The number of carboxylic acid groups (broad SMARTS) is 1. The minimum absolute atomic E-state index is 0.00748. The third kappa shape index (κ3) is 12.5. The summed E-state index contributed by atoms with van der Waals surface area (Å²) in [5.74, 6) is -2.96. The Labute approximate surface area is 295 Å². The molecular weight excluding hydrogens is 638 g/mol. The van der Waals surface area contributed by atoms with E-state index < -0.39 is 53.4 Å².